The van der Waals surface area contributed by atoms with Crippen molar-refractivity contribution in [3.05, 3.63) is 0 Å². The lowest BCUT2D eigenvalue weighted by Crippen LogP contribution is -2.33. The Morgan fingerprint density at radius 2 is 1.79 bits per heavy atom. The van der Waals surface area contributed by atoms with Gasteiger partial charge in [-0.15, -0.1) is 0 Å². The summed E-state index contributed by atoms with van der Waals surface area (Å²) in [6.07, 6.45) is 3.97. The molecule has 0 spiro atoms. The Hall–Kier alpha value is -0.0800. The fraction of sp³-hybridized carbons (Fsp3) is 1.00. The Bertz CT molecular complexity index is 145. The zero-order valence-corrected chi connectivity index (χ0v) is 10.1. The minimum Gasteiger partial charge on any atom is -0.393 e. The molecule has 0 radical (unpaired) electrons. The van der Waals surface area contributed by atoms with E-state index < -0.39 is 5.60 Å². The third-order valence-corrected chi connectivity index (χ3v) is 3.22. The molecule has 2 heteroatoms. The molecule has 2 N–H and O–H groups in total. The molecule has 0 aromatic carbocycles. The molecule has 0 bridgehead atoms. The molecule has 14 heavy (non-hydrogen) atoms. The number of hydrogen-bond donors (Lipinski definition) is 2. The van der Waals surface area contributed by atoms with Crippen molar-refractivity contribution in [1.82, 2.24) is 0 Å². The van der Waals surface area contributed by atoms with Crippen molar-refractivity contribution in [1.29, 1.82) is 0 Å². The van der Waals surface area contributed by atoms with Crippen molar-refractivity contribution < 1.29 is 10.2 Å². The van der Waals surface area contributed by atoms with Crippen molar-refractivity contribution in [3.8, 4) is 0 Å². The molecular weight excluding hydrogens is 176 g/mol. The molecule has 0 aliphatic rings. The second-order valence-corrected chi connectivity index (χ2v) is 4.44. The first-order chi connectivity index (χ1) is 6.49. The Kier molecular flexibility index (Phi) is 6.38. The van der Waals surface area contributed by atoms with Crippen molar-refractivity contribution >= 4 is 0 Å². The topological polar surface area (TPSA) is 40.5 Å². The van der Waals surface area contributed by atoms with E-state index >= 15 is 0 Å². The Balaban J connectivity index is 4.26. The van der Waals surface area contributed by atoms with Gasteiger partial charge in [0.2, 0.25) is 0 Å². The summed E-state index contributed by atoms with van der Waals surface area (Å²) in [5.74, 6) is 0.228. The molecule has 0 saturated heterocycles. The molecule has 0 aromatic heterocycles. The maximum atomic E-state index is 10.3. The average Bonchev–Trinajstić information content (AvgIpc) is 2.14. The predicted octanol–water partition coefficient (Wildman–Crippen LogP) is 2.72. The fourth-order valence-electron chi connectivity index (χ4n) is 2.03. The molecule has 2 nitrogen and oxygen atoms in total. The molecule has 0 amide bonds. The van der Waals surface area contributed by atoms with Crippen LogP contribution in [0.1, 0.15) is 59.8 Å². The van der Waals surface area contributed by atoms with Crippen LogP contribution in [0.3, 0.4) is 0 Å². The van der Waals surface area contributed by atoms with Gasteiger partial charge in [0, 0.05) is 0 Å². The Morgan fingerprint density at radius 3 is 2.07 bits per heavy atom. The van der Waals surface area contributed by atoms with Gasteiger partial charge in [-0.05, 0) is 32.1 Å². The number of rotatable bonds is 7. The van der Waals surface area contributed by atoms with Crippen LogP contribution in [-0.2, 0) is 0 Å². The fourth-order valence-corrected chi connectivity index (χ4v) is 2.03. The van der Waals surface area contributed by atoms with Crippen LogP contribution in [-0.4, -0.2) is 21.9 Å². The highest BCUT2D eigenvalue weighted by Gasteiger charge is 2.28. The van der Waals surface area contributed by atoms with Gasteiger partial charge in [0.05, 0.1) is 11.7 Å². The summed E-state index contributed by atoms with van der Waals surface area (Å²) < 4.78 is 0. The summed E-state index contributed by atoms with van der Waals surface area (Å²) in [5.41, 5.74) is -0.563. The normalized spacial score (nSPS) is 20.1. The lowest BCUT2D eigenvalue weighted by molar-refractivity contribution is -0.0196. The van der Waals surface area contributed by atoms with Gasteiger partial charge in [-0.1, -0.05) is 33.6 Å². The third-order valence-electron chi connectivity index (χ3n) is 3.22. The van der Waals surface area contributed by atoms with Crippen LogP contribution in [0.2, 0.25) is 0 Å². The zero-order chi connectivity index (χ0) is 11.2. The van der Waals surface area contributed by atoms with Crippen molar-refractivity contribution in [3.63, 3.8) is 0 Å². The summed E-state index contributed by atoms with van der Waals surface area (Å²) in [6, 6.07) is 0. The van der Waals surface area contributed by atoms with E-state index in [0.29, 0.717) is 0 Å². The molecule has 86 valence electrons. The van der Waals surface area contributed by atoms with Gasteiger partial charge in [0.15, 0.2) is 0 Å². The van der Waals surface area contributed by atoms with E-state index in [4.69, 9.17) is 0 Å². The van der Waals surface area contributed by atoms with Crippen molar-refractivity contribution in [2.75, 3.05) is 0 Å². The predicted molar refractivity (Wildman–Crippen MR) is 60.2 cm³/mol. The quantitative estimate of drug-likeness (QED) is 0.666. The molecule has 0 saturated carbocycles. The molecule has 0 heterocycles. The molecule has 0 aliphatic carbocycles. The Morgan fingerprint density at radius 1 is 1.21 bits per heavy atom. The van der Waals surface area contributed by atoms with Gasteiger partial charge in [0.25, 0.3) is 0 Å². The van der Waals surface area contributed by atoms with Crippen LogP contribution >= 0.6 is 0 Å². The van der Waals surface area contributed by atoms with Crippen LogP contribution in [0, 0.1) is 5.92 Å². The van der Waals surface area contributed by atoms with Crippen LogP contribution < -0.4 is 0 Å². The van der Waals surface area contributed by atoms with Gasteiger partial charge >= 0.3 is 0 Å². The summed E-state index contributed by atoms with van der Waals surface area (Å²) in [5, 5.41) is 19.8. The van der Waals surface area contributed by atoms with E-state index in [1.54, 1.807) is 0 Å². The lowest BCUT2D eigenvalue weighted by Gasteiger charge is -2.31. The molecular formula is C12H26O2. The standard InChI is InChI=1S/C12H26O2/c1-5-8-12(14,7-3)9-11(6-2)10(4)13/h10-11,13-14H,5-9H2,1-4H3. The lowest BCUT2D eigenvalue weighted by atomic mass is 9.82. The summed E-state index contributed by atoms with van der Waals surface area (Å²) in [7, 11) is 0. The molecule has 0 aromatic rings. The largest absolute Gasteiger partial charge is 0.393 e. The first-order valence-corrected chi connectivity index (χ1v) is 5.89. The van der Waals surface area contributed by atoms with E-state index in [1.807, 2.05) is 13.8 Å². The SMILES string of the molecule is CCCC(O)(CC)CC(CC)C(C)O. The minimum atomic E-state index is -0.563. The molecule has 3 atom stereocenters. The highest BCUT2D eigenvalue weighted by molar-refractivity contribution is 4.81. The zero-order valence-electron chi connectivity index (χ0n) is 10.1. The van der Waals surface area contributed by atoms with Gasteiger partial charge in [-0.3, -0.25) is 0 Å². The first kappa shape index (κ1) is 13.9. The molecule has 0 rings (SSSR count). The molecule has 0 aliphatic heterocycles. The van der Waals surface area contributed by atoms with Crippen LogP contribution in [0.4, 0.5) is 0 Å². The van der Waals surface area contributed by atoms with Gasteiger partial charge in [-0.25, -0.2) is 0 Å². The van der Waals surface area contributed by atoms with Gasteiger partial charge in [-0.2, -0.15) is 0 Å². The van der Waals surface area contributed by atoms with Crippen molar-refractivity contribution in [2.45, 2.75) is 71.5 Å². The number of aliphatic hydroxyl groups excluding tert-OH is 1. The highest BCUT2D eigenvalue weighted by Crippen LogP contribution is 2.29. The smallest absolute Gasteiger partial charge is 0.0648 e. The van der Waals surface area contributed by atoms with E-state index in [0.717, 1.165) is 32.1 Å². The first-order valence-electron chi connectivity index (χ1n) is 5.89. The van der Waals surface area contributed by atoms with Crippen LogP contribution in [0.25, 0.3) is 0 Å². The average molecular weight is 202 g/mol. The summed E-state index contributed by atoms with van der Waals surface area (Å²) in [4.78, 5) is 0. The van der Waals surface area contributed by atoms with E-state index in [9.17, 15) is 10.2 Å². The maximum absolute atomic E-state index is 10.3. The summed E-state index contributed by atoms with van der Waals surface area (Å²) in [6.45, 7) is 7.99. The highest BCUT2D eigenvalue weighted by atomic mass is 16.3. The second-order valence-electron chi connectivity index (χ2n) is 4.44. The number of hydrogen-bond acceptors (Lipinski definition) is 2. The molecule has 0 fully saturated rings. The molecule has 3 unspecified atom stereocenters. The monoisotopic (exact) mass is 202 g/mol. The number of aliphatic hydroxyl groups is 2. The third kappa shape index (κ3) is 4.43. The minimum absolute atomic E-state index is 0.228. The Labute approximate surface area is 88.3 Å². The van der Waals surface area contributed by atoms with E-state index in [2.05, 4.69) is 13.8 Å². The summed E-state index contributed by atoms with van der Waals surface area (Å²) >= 11 is 0. The van der Waals surface area contributed by atoms with Crippen LogP contribution in [0.15, 0.2) is 0 Å². The van der Waals surface area contributed by atoms with E-state index in [-0.39, 0.29) is 12.0 Å². The second kappa shape index (κ2) is 6.41. The maximum Gasteiger partial charge on any atom is 0.0648 e. The van der Waals surface area contributed by atoms with Crippen LogP contribution in [0.5, 0.6) is 0 Å². The van der Waals surface area contributed by atoms with Gasteiger partial charge < -0.3 is 10.2 Å². The van der Waals surface area contributed by atoms with Crippen molar-refractivity contribution in [2.24, 2.45) is 5.92 Å². The van der Waals surface area contributed by atoms with E-state index in [1.165, 1.54) is 0 Å². The van der Waals surface area contributed by atoms with Gasteiger partial charge in [0.1, 0.15) is 0 Å².